The molecule has 0 nitrogen and oxygen atoms in total. The molecule has 4 aromatic rings. The fourth-order valence-electron chi connectivity index (χ4n) is 4.42. The van der Waals surface area contributed by atoms with E-state index < -0.39 is 7.26 Å². The molecule has 0 aliphatic rings. The fraction of sp³-hybridized carbons (Fsp3) is 0.172. The van der Waals surface area contributed by atoms with Crippen molar-refractivity contribution < 1.29 is 0 Å². The lowest BCUT2D eigenvalue weighted by atomic mass is 10.1. The largest absolute Gasteiger partial charge is 0.112 e. The molecule has 31 heavy (non-hydrogen) atoms. The first-order chi connectivity index (χ1) is 15.3. The lowest BCUT2D eigenvalue weighted by Gasteiger charge is -2.27. The summed E-state index contributed by atoms with van der Waals surface area (Å²) in [7, 11) is -1.70. The van der Waals surface area contributed by atoms with Gasteiger partial charge >= 0.3 is 0 Å². The van der Waals surface area contributed by atoms with Crippen LogP contribution in [-0.4, -0.2) is 6.16 Å². The van der Waals surface area contributed by atoms with Crippen molar-refractivity contribution in [3.8, 4) is 0 Å². The molecule has 0 saturated carbocycles. The Morgan fingerprint density at radius 2 is 0.935 bits per heavy atom. The monoisotopic (exact) mass is 443 g/mol. The molecule has 0 spiro atoms. The normalized spacial score (nSPS) is 11.4. The molecule has 4 aromatic carbocycles. The molecule has 0 fully saturated rings. The molecule has 0 unspecified atom stereocenters. The van der Waals surface area contributed by atoms with Crippen molar-refractivity contribution in [1.29, 1.82) is 0 Å². The van der Waals surface area contributed by atoms with E-state index in [0.29, 0.717) is 0 Å². The molecule has 4 rings (SSSR count). The van der Waals surface area contributed by atoms with Gasteiger partial charge in [-0.2, -0.15) is 0 Å². The van der Waals surface area contributed by atoms with Crippen LogP contribution in [0.25, 0.3) is 0 Å². The number of hydrogen-bond acceptors (Lipinski definition) is 0. The second-order valence-corrected chi connectivity index (χ2v) is 12.0. The van der Waals surface area contributed by atoms with E-state index in [1.165, 1.54) is 46.9 Å². The van der Waals surface area contributed by atoms with Gasteiger partial charge in [-0.3, -0.25) is 0 Å². The number of hydrogen-bond donors (Lipinski definition) is 0. The maximum atomic E-state index is 6.36. The zero-order chi connectivity index (χ0) is 21.4. The van der Waals surface area contributed by atoms with E-state index in [9.17, 15) is 0 Å². The lowest BCUT2D eigenvalue weighted by molar-refractivity contribution is 0.720. The van der Waals surface area contributed by atoms with Gasteiger partial charge in [-0.15, -0.1) is 0 Å². The Morgan fingerprint density at radius 1 is 0.484 bits per heavy atom. The molecule has 0 radical (unpaired) electrons. The summed E-state index contributed by atoms with van der Waals surface area (Å²) in [5.41, 5.74) is 1.26. The van der Waals surface area contributed by atoms with Crippen molar-refractivity contribution in [2.75, 3.05) is 6.16 Å². The van der Waals surface area contributed by atoms with Crippen molar-refractivity contribution in [2.24, 2.45) is 0 Å². The van der Waals surface area contributed by atoms with Crippen LogP contribution in [0.2, 0.25) is 5.02 Å². The zero-order valence-corrected chi connectivity index (χ0v) is 19.5. The Morgan fingerprint density at radius 3 is 1.42 bits per heavy atom. The van der Waals surface area contributed by atoms with Gasteiger partial charge in [0.2, 0.25) is 0 Å². The van der Waals surface area contributed by atoms with E-state index in [0.717, 1.165) is 11.4 Å². The number of halogens is 1. The van der Waals surface area contributed by atoms with E-state index in [1.807, 2.05) is 12.1 Å². The van der Waals surface area contributed by atoms with E-state index in [2.05, 4.69) is 103 Å². The molecular formula is C29H29ClP+. The summed E-state index contributed by atoms with van der Waals surface area (Å²) in [6.45, 7) is 0. The summed E-state index contributed by atoms with van der Waals surface area (Å²) >= 11 is 6.36. The van der Waals surface area contributed by atoms with E-state index in [-0.39, 0.29) is 0 Å². The molecule has 0 bridgehead atoms. The van der Waals surface area contributed by atoms with Crippen LogP contribution < -0.4 is 15.9 Å². The van der Waals surface area contributed by atoms with Gasteiger partial charge in [0, 0.05) is 5.02 Å². The van der Waals surface area contributed by atoms with Gasteiger partial charge in [-0.25, -0.2) is 0 Å². The third-order valence-electron chi connectivity index (χ3n) is 5.99. The molecule has 0 aromatic heterocycles. The maximum Gasteiger partial charge on any atom is 0.112 e. The summed E-state index contributed by atoms with van der Waals surface area (Å²) in [4.78, 5) is 0. The van der Waals surface area contributed by atoms with Crippen LogP contribution in [0.15, 0.2) is 115 Å². The predicted molar refractivity (Wildman–Crippen MR) is 139 cm³/mol. The Labute approximate surface area is 192 Å². The predicted octanol–water partition coefficient (Wildman–Crippen LogP) is 7.05. The smallest absolute Gasteiger partial charge is 0.0840 e. The first-order valence-electron chi connectivity index (χ1n) is 11.1. The Hall–Kier alpha value is -2.40. The topological polar surface area (TPSA) is 0 Å². The minimum atomic E-state index is -1.70. The maximum absolute atomic E-state index is 6.36. The average molecular weight is 444 g/mol. The Bertz CT molecular complexity index is 965. The van der Waals surface area contributed by atoms with Crippen LogP contribution in [-0.2, 0) is 6.42 Å². The molecule has 0 amide bonds. The SMILES string of the molecule is Clc1ccccc1CCCCC[P+](c1ccccc1)(c1ccccc1)c1ccccc1. The highest BCUT2D eigenvalue weighted by atomic mass is 35.5. The minimum absolute atomic E-state index is 0.891. The average Bonchev–Trinajstić information content (AvgIpc) is 2.84. The lowest BCUT2D eigenvalue weighted by Crippen LogP contribution is -2.33. The van der Waals surface area contributed by atoms with Crippen LogP contribution in [0.4, 0.5) is 0 Å². The highest BCUT2D eigenvalue weighted by molar-refractivity contribution is 7.95. The molecule has 0 atom stereocenters. The van der Waals surface area contributed by atoms with E-state index in [4.69, 9.17) is 11.6 Å². The van der Waals surface area contributed by atoms with Gasteiger partial charge in [0.05, 0.1) is 6.16 Å². The van der Waals surface area contributed by atoms with Crippen molar-refractivity contribution in [3.63, 3.8) is 0 Å². The van der Waals surface area contributed by atoms with Crippen LogP contribution in [0, 0.1) is 0 Å². The van der Waals surface area contributed by atoms with Gasteiger partial charge in [-0.1, -0.05) is 84.4 Å². The van der Waals surface area contributed by atoms with Gasteiger partial charge in [0.1, 0.15) is 23.2 Å². The van der Waals surface area contributed by atoms with Crippen molar-refractivity contribution in [2.45, 2.75) is 25.7 Å². The molecule has 2 heteroatoms. The third kappa shape index (κ3) is 5.09. The third-order valence-corrected chi connectivity index (χ3v) is 10.9. The Kier molecular flexibility index (Phi) is 7.57. The summed E-state index contributed by atoms with van der Waals surface area (Å²) in [6.07, 6.45) is 5.82. The number of benzene rings is 4. The molecule has 156 valence electrons. The van der Waals surface area contributed by atoms with Crippen LogP contribution >= 0.6 is 18.9 Å². The second-order valence-electron chi connectivity index (χ2n) is 7.94. The zero-order valence-electron chi connectivity index (χ0n) is 17.8. The summed E-state index contributed by atoms with van der Waals surface area (Å²) < 4.78 is 0. The first-order valence-corrected chi connectivity index (χ1v) is 13.4. The highest BCUT2D eigenvalue weighted by Gasteiger charge is 2.44. The molecular weight excluding hydrogens is 415 g/mol. The van der Waals surface area contributed by atoms with Crippen molar-refractivity contribution in [3.05, 3.63) is 126 Å². The van der Waals surface area contributed by atoms with Crippen molar-refractivity contribution >= 4 is 34.8 Å². The number of aryl methyl sites for hydroxylation is 1. The highest BCUT2D eigenvalue weighted by Crippen LogP contribution is 2.55. The van der Waals surface area contributed by atoms with Crippen molar-refractivity contribution in [1.82, 2.24) is 0 Å². The molecule has 0 aliphatic heterocycles. The van der Waals surface area contributed by atoms with Gasteiger partial charge in [0.15, 0.2) is 0 Å². The number of unbranched alkanes of at least 4 members (excludes halogenated alkanes) is 2. The Balaban J connectivity index is 1.60. The van der Waals surface area contributed by atoms with Crippen LogP contribution in [0.1, 0.15) is 24.8 Å². The minimum Gasteiger partial charge on any atom is -0.0840 e. The van der Waals surface area contributed by atoms with Gasteiger partial charge in [0.25, 0.3) is 0 Å². The van der Waals surface area contributed by atoms with Gasteiger partial charge < -0.3 is 0 Å². The van der Waals surface area contributed by atoms with Crippen LogP contribution in [0.3, 0.4) is 0 Å². The molecule has 0 heterocycles. The second kappa shape index (κ2) is 10.8. The summed E-state index contributed by atoms with van der Waals surface area (Å²) in [5, 5.41) is 5.30. The molecule has 0 saturated heterocycles. The number of rotatable bonds is 9. The van der Waals surface area contributed by atoms with E-state index >= 15 is 0 Å². The fourth-order valence-corrected chi connectivity index (χ4v) is 9.06. The quantitative estimate of drug-likeness (QED) is 0.192. The van der Waals surface area contributed by atoms with Gasteiger partial charge in [-0.05, 0) is 73.7 Å². The summed E-state index contributed by atoms with van der Waals surface area (Å²) in [5.74, 6) is 0. The molecule has 0 N–H and O–H groups in total. The van der Waals surface area contributed by atoms with Crippen LogP contribution in [0.5, 0.6) is 0 Å². The summed E-state index contributed by atoms with van der Waals surface area (Å²) in [6, 6.07) is 41.7. The van der Waals surface area contributed by atoms with E-state index in [1.54, 1.807) is 0 Å². The molecule has 0 aliphatic carbocycles. The first kappa shape index (κ1) is 21.8. The standard InChI is InChI=1S/C29H29ClP/c30-29-23-13-12-16-25(29)15-5-4-14-24-31(26-17-6-1-7-18-26,27-19-8-2-9-20-27)28-21-10-3-11-22-28/h1-3,6-13,16-23H,4-5,14-15,24H2/q+1.